The number of aryl methyl sites for hydroxylation is 2. The molecule has 0 bridgehead atoms. The van der Waals surface area contributed by atoms with Gasteiger partial charge in [-0.2, -0.15) is 0 Å². The van der Waals surface area contributed by atoms with Crippen LogP contribution in [0.15, 0.2) is 46.9 Å². The van der Waals surface area contributed by atoms with Gasteiger partial charge in [0, 0.05) is 29.8 Å². The van der Waals surface area contributed by atoms with Gasteiger partial charge in [0.2, 0.25) is 11.8 Å². The lowest BCUT2D eigenvalue weighted by Gasteiger charge is -2.36. The summed E-state index contributed by atoms with van der Waals surface area (Å²) in [6.07, 6.45) is 6.29. The molecule has 1 N–H and O–H groups in total. The standard InChI is InChI=1S/C26H26N2O3/c1-16-5-9-22-19(13-16)17(2)23(31-22)15-28(3)24(29)10-7-18-6-8-21-20(14-18)26(11-4-12-26)25(30)27-21/h5-10,13-14H,4,11-12,15H2,1-3H3,(H,27,30). The van der Waals surface area contributed by atoms with Gasteiger partial charge in [0.15, 0.2) is 0 Å². The lowest BCUT2D eigenvalue weighted by molar-refractivity contribution is -0.125. The number of nitrogens with zero attached hydrogens (tertiary/aromatic N) is 1. The summed E-state index contributed by atoms with van der Waals surface area (Å²) in [7, 11) is 1.78. The molecule has 2 aliphatic rings. The Morgan fingerprint density at radius 3 is 2.74 bits per heavy atom. The number of nitrogens with one attached hydrogen (secondary N) is 1. The lowest BCUT2D eigenvalue weighted by atomic mass is 9.65. The van der Waals surface area contributed by atoms with Gasteiger partial charge >= 0.3 is 0 Å². The maximum atomic E-state index is 12.7. The molecule has 0 atom stereocenters. The van der Waals surface area contributed by atoms with Gasteiger partial charge < -0.3 is 14.6 Å². The van der Waals surface area contributed by atoms with Crippen LogP contribution in [-0.4, -0.2) is 23.8 Å². The van der Waals surface area contributed by atoms with E-state index in [9.17, 15) is 9.59 Å². The van der Waals surface area contributed by atoms with Crippen LogP contribution < -0.4 is 5.32 Å². The number of rotatable bonds is 4. The van der Waals surface area contributed by atoms with Gasteiger partial charge in [-0.05, 0) is 68.2 Å². The number of benzene rings is 2. The van der Waals surface area contributed by atoms with E-state index in [4.69, 9.17) is 4.42 Å². The third-order valence-corrected chi connectivity index (χ3v) is 6.81. The summed E-state index contributed by atoms with van der Waals surface area (Å²) in [5.74, 6) is 0.824. The molecule has 31 heavy (non-hydrogen) atoms. The molecule has 2 aromatic carbocycles. The van der Waals surface area contributed by atoms with Crippen molar-refractivity contribution in [2.75, 3.05) is 12.4 Å². The minimum Gasteiger partial charge on any atom is -0.459 e. The van der Waals surface area contributed by atoms with E-state index in [1.54, 1.807) is 18.0 Å². The third kappa shape index (κ3) is 3.16. The van der Waals surface area contributed by atoms with E-state index >= 15 is 0 Å². The Kier molecular flexibility index (Phi) is 4.50. The van der Waals surface area contributed by atoms with Gasteiger partial charge in [0.25, 0.3) is 0 Å². The second kappa shape index (κ2) is 7.12. The Morgan fingerprint density at radius 1 is 1.19 bits per heavy atom. The normalized spacial score (nSPS) is 16.5. The summed E-state index contributed by atoms with van der Waals surface area (Å²) in [6, 6.07) is 12.0. The molecule has 0 unspecified atom stereocenters. The molecule has 1 aromatic heterocycles. The molecule has 3 aromatic rings. The summed E-state index contributed by atoms with van der Waals surface area (Å²) in [5.41, 5.74) is 5.66. The zero-order valence-corrected chi connectivity index (χ0v) is 18.1. The monoisotopic (exact) mass is 414 g/mol. The zero-order valence-electron chi connectivity index (χ0n) is 18.1. The van der Waals surface area contributed by atoms with Crippen molar-refractivity contribution < 1.29 is 14.0 Å². The van der Waals surface area contributed by atoms with Gasteiger partial charge in [0.1, 0.15) is 11.3 Å². The van der Waals surface area contributed by atoms with Crippen molar-refractivity contribution in [1.29, 1.82) is 0 Å². The van der Waals surface area contributed by atoms with Crippen LogP contribution in [-0.2, 0) is 21.5 Å². The summed E-state index contributed by atoms with van der Waals surface area (Å²) in [4.78, 5) is 26.8. The van der Waals surface area contributed by atoms with Gasteiger partial charge in [-0.1, -0.05) is 24.1 Å². The molecule has 1 saturated carbocycles. The van der Waals surface area contributed by atoms with E-state index in [1.807, 2.05) is 43.3 Å². The molecule has 5 nitrogen and oxygen atoms in total. The van der Waals surface area contributed by atoms with E-state index in [1.165, 1.54) is 5.56 Å². The molecule has 1 aliphatic heterocycles. The van der Waals surface area contributed by atoms with E-state index < -0.39 is 0 Å². The van der Waals surface area contributed by atoms with Gasteiger partial charge in [-0.3, -0.25) is 9.59 Å². The first-order valence-corrected chi connectivity index (χ1v) is 10.8. The highest BCUT2D eigenvalue weighted by Crippen LogP contribution is 2.51. The van der Waals surface area contributed by atoms with Crippen LogP contribution in [0.3, 0.4) is 0 Å². The summed E-state index contributed by atoms with van der Waals surface area (Å²) >= 11 is 0. The maximum absolute atomic E-state index is 12.7. The van der Waals surface area contributed by atoms with Crippen molar-refractivity contribution in [3.8, 4) is 0 Å². The van der Waals surface area contributed by atoms with E-state index in [-0.39, 0.29) is 17.2 Å². The van der Waals surface area contributed by atoms with Crippen molar-refractivity contribution in [3.05, 3.63) is 70.5 Å². The van der Waals surface area contributed by atoms with Gasteiger partial charge in [-0.25, -0.2) is 0 Å². The van der Waals surface area contributed by atoms with Crippen LogP contribution in [0.4, 0.5) is 5.69 Å². The second-order valence-corrected chi connectivity index (χ2v) is 8.87. The van der Waals surface area contributed by atoms with Crippen LogP contribution in [0, 0.1) is 13.8 Å². The van der Waals surface area contributed by atoms with Crippen LogP contribution in [0.5, 0.6) is 0 Å². The minimum atomic E-state index is -0.350. The Morgan fingerprint density at radius 2 is 2.00 bits per heavy atom. The van der Waals surface area contributed by atoms with Crippen molar-refractivity contribution in [3.63, 3.8) is 0 Å². The molecular formula is C26H26N2O3. The van der Waals surface area contributed by atoms with Crippen LogP contribution >= 0.6 is 0 Å². The van der Waals surface area contributed by atoms with Crippen molar-refractivity contribution in [2.24, 2.45) is 0 Å². The first-order valence-electron chi connectivity index (χ1n) is 10.8. The number of carbonyl (C=O) groups is 2. The molecule has 1 spiro atoms. The highest BCUT2D eigenvalue weighted by atomic mass is 16.3. The molecule has 0 radical (unpaired) electrons. The Hall–Kier alpha value is -3.34. The Balaban J connectivity index is 1.32. The molecule has 1 aliphatic carbocycles. The van der Waals surface area contributed by atoms with Crippen molar-refractivity contribution >= 4 is 34.5 Å². The molecule has 2 heterocycles. The Labute approximate surface area is 181 Å². The number of carbonyl (C=O) groups excluding carboxylic acids is 2. The largest absolute Gasteiger partial charge is 0.459 e. The maximum Gasteiger partial charge on any atom is 0.246 e. The number of hydrogen-bond donors (Lipinski definition) is 1. The number of furan rings is 1. The molecule has 1 fully saturated rings. The SMILES string of the molecule is Cc1ccc2oc(CN(C)C(=O)C=Cc3ccc4c(c3)C3(CCC3)C(=O)N4)c(C)c2c1. The van der Waals surface area contributed by atoms with Gasteiger partial charge in [-0.15, -0.1) is 0 Å². The quantitative estimate of drug-likeness (QED) is 0.605. The van der Waals surface area contributed by atoms with Crippen molar-refractivity contribution in [1.82, 2.24) is 4.90 Å². The fourth-order valence-corrected chi connectivity index (χ4v) is 4.69. The smallest absolute Gasteiger partial charge is 0.246 e. The number of hydrogen-bond acceptors (Lipinski definition) is 3. The highest BCUT2D eigenvalue weighted by molar-refractivity contribution is 6.07. The first-order chi connectivity index (χ1) is 14.9. The average molecular weight is 415 g/mol. The summed E-state index contributed by atoms with van der Waals surface area (Å²) in [6.45, 7) is 4.50. The zero-order chi connectivity index (χ0) is 21.8. The minimum absolute atomic E-state index is 0.0934. The van der Waals surface area contributed by atoms with Gasteiger partial charge in [0.05, 0.1) is 12.0 Å². The number of likely N-dealkylation sites (N-methyl/N-ethyl adjacent to an activating group) is 1. The highest BCUT2D eigenvalue weighted by Gasteiger charge is 2.50. The molecule has 0 saturated heterocycles. The Bertz CT molecular complexity index is 1250. The van der Waals surface area contributed by atoms with E-state index in [2.05, 4.69) is 18.3 Å². The summed E-state index contributed by atoms with van der Waals surface area (Å²) in [5, 5.41) is 4.09. The van der Waals surface area contributed by atoms with Crippen LogP contribution in [0.2, 0.25) is 0 Å². The number of anilines is 1. The van der Waals surface area contributed by atoms with Crippen LogP contribution in [0.25, 0.3) is 17.0 Å². The molecule has 158 valence electrons. The van der Waals surface area contributed by atoms with Crippen LogP contribution in [0.1, 0.15) is 47.3 Å². The summed E-state index contributed by atoms with van der Waals surface area (Å²) < 4.78 is 5.98. The topological polar surface area (TPSA) is 62.6 Å². The first kappa shape index (κ1) is 19.6. The fourth-order valence-electron chi connectivity index (χ4n) is 4.69. The average Bonchev–Trinajstić information content (AvgIpc) is 3.19. The van der Waals surface area contributed by atoms with E-state index in [0.29, 0.717) is 6.54 Å². The lowest BCUT2D eigenvalue weighted by Crippen LogP contribution is -2.40. The number of fused-ring (bicyclic) bond motifs is 3. The molecule has 5 heteroatoms. The number of amides is 2. The van der Waals surface area contributed by atoms with E-state index in [0.717, 1.165) is 58.4 Å². The molecule has 2 amide bonds. The predicted molar refractivity (Wildman–Crippen MR) is 122 cm³/mol. The predicted octanol–water partition coefficient (Wildman–Crippen LogP) is 5.10. The van der Waals surface area contributed by atoms with Crippen molar-refractivity contribution in [2.45, 2.75) is 45.1 Å². The molecule has 5 rings (SSSR count). The third-order valence-electron chi connectivity index (χ3n) is 6.81. The molecular weight excluding hydrogens is 388 g/mol. The fraction of sp³-hybridized carbons (Fsp3) is 0.308. The second-order valence-electron chi connectivity index (χ2n) is 8.87.